The number of ether oxygens (including phenoxy) is 1. The summed E-state index contributed by atoms with van der Waals surface area (Å²) in [6.07, 6.45) is 13.1. The average Bonchev–Trinajstić information content (AvgIpc) is 2.58. The zero-order chi connectivity index (χ0) is 18.4. The van der Waals surface area contributed by atoms with Crippen LogP contribution in [0.2, 0.25) is 0 Å². The van der Waals surface area contributed by atoms with Crippen LogP contribution in [0.5, 0.6) is 0 Å². The molecule has 0 radical (unpaired) electrons. The van der Waals surface area contributed by atoms with Crippen LogP contribution < -0.4 is 0 Å². The molecule has 1 aliphatic heterocycles. The number of nitrogens with zero attached hydrogens (tertiary/aromatic N) is 1. The highest BCUT2D eigenvalue weighted by Crippen LogP contribution is 2.10. The van der Waals surface area contributed by atoms with E-state index in [0.717, 1.165) is 12.8 Å². The van der Waals surface area contributed by atoms with Crippen molar-refractivity contribution >= 4 is 15.8 Å². The van der Waals surface area contributed by atoms with E-state index in [2.05, 4.69) is 6.92 Å². The summed E-state index contributed by atoms with van der Waals surface area (Å²) in [6, 6.07) is 0. The highest BCUT2D eigenvalue weighted by molar-refractivity contribution is 7.91. The van der Waals surface area contributed by atoms with E-state index in [4.69, 9.17) is 4.74 Å². The summed E-state index contributed by atoms with van der Waals surface area (Å²) in [4.78, 5) is 13.7. The molecule has 0 aromatic rings. The fraction of sp³-hybridized carbons (Fsp3) is 0.947. The maximum Gasteiger partial charge on any atom is 0.307 e. The second kappa shape index (κ2) is 13.6. The van der Waals surface area contributed by atoms with Crippen molar-refractivity contribution in [1.82, 2.24) is 4.90 Å². The number of hydrogen-bond acceptors (Lipinski definition) is 5. The molecule has 0 saturated carbocycles. The number of carbonyl (C=O) groups is 1. The molecule has 5 nitrogen and oxygen atoms in total. The minimum absolute atomic E-state index is 0.163. The van der Waals surface area contributed by atoms with Gasteiger partial charge in [-0.05, 0) is 6.42 Å². The first-order valence-corrected chi connectivity index (χ1v) is 11.9. The highest BCUT2D eigenvalue weighted by atomic mass is 32.2. The van der Waals surface area contributed by atoms with Crippen LogP contribution in [-0.4, -0.2) is 57.0 Å². The SMILES string of the molecule is CCCCCCCCCCCCOC(=O)CCN1CCS(=O)(=O)CC1. The smallest absolute Gasteiger partial charge is 0.307 e. The summed E-state index contributed by atoms with van der Waals surface area (Å²) < 4.78 is 27.9. The number of hydrogen-bond donors (Lipinski definition) is 0. The molecule has 6 heteroatoms. The van der Waals surface area contributed by atoms with Crippen LogP contribution in [0.15, 0.2) is 0 Å². The van der Waals surface area contributed by atoms with Crippen molar-refractivity contribution in [3.63, 3.8) is 0 Å². The standard InChI is InChI=1S/C19H37NO4S/c1-2-3-4-5-6-7-8-9-10-11-16-24-19(21)12-13-20-14-17-25(22,23)18-15-20/h2-18H2,1H3. The molecule has 0 unspecified atom stereocenters. The Labute approximate surface area is 154 Å². The molecular formula is C19H37NO4S. The Bertz CT molecular complexity index is 436. The molecule has 0 spiro atoms. The van der Waals surface area contributed by atoms with E-state index in [1.54, 1.807) is 0 Å². The van der Waals surface area contributed by atoms with E-state index in [1.807, 2.05) is 4.90 Å². The van der Waals surface area contributed by atoms with Crippen LogP contribution in [0.4, 0.5) is 0 Å². The molecule has 1 rings (SSSR count). The van der Waals surface area contributed by atoms with Crippen molar-refractivity contribution in [1.29, 1.82) is 0 Å². The molecule has 1 saturated heterocycles. The van der Waals surface area contributed by atoms with Crippen LogP contribution in [0, 0.1) is 0 Å². The van der Waals surface area contributed by atoms with Gasteiger partial charge in [-0.3, -0.25) is 4.79 Å². The van der Waals surface area contributed by atoms with Crippen molar-refractivity contribution < 1.29 is 17.9 Å². The first-order valence-electron chi connectivity index (χ1n) is 10.1. The second-order valence-corrected chi connectivity index (χ2v) is 9.45. The van der Waals surface area contributed by atoms with Gasteiger partial charge in [0.25, 0.3) is 0 Å². The summed E-state index contributed by atoms with van der Waals surface area (Å²) in [6.45, 7) is 4.44. The van der Waals surface area contributed by atoms with Gasteiger partial charge in [-0.15, -0.1) is 0 Å². The van der Waals surface area contributed by atoms with Gasteiger partial charge in [0.1, 0.15) is 0 Å². The lowest BCUT2D eigenvalue weighted by atomic mass is 10.1. The molecule has 0 aliphatic carbocycles. The first kappa shape index (κ1) is 22.4. The van der Waals surface area contributed by atoms with Crippen molar-refractivity contribution in [2.24, 2.45) is 0 Å². The Balaban J connectivity index is 1.86. The van der Waals surface area contributed by atoms with Crippen molar-refractivity contribution in [3.8, 4) is 0 Å². The van der Waals surface area contributed by atoms with E-state index in [9.17, 15) is 13.2 Å². The van der Waals surface area contributed by atoms with Crippen LogP contribution in [-0.2, 0) is 19.4 Å². The zero-order valence-corrected chi connectivity index (χ0v) is 16.8. The van der Waals surface area contributed by atoms with Crippen molar-refractivity contribution in [3.05, 3.63) is 0 Å². The average molecular weight is 376 g/mol. The normalized spacial score (nSPS) is 17.5. The van der Waals surface area contributed by atoms with Crippen LogP contribution >= 0.6 is 0 Å². The van der Waals surface area contributed by atoms with Gasteiger partial charge in [0.05, 0.1) is 24.5 Å². The topological polar surface area (TPSA) is 63.7 Å². The third kappa shape index (κ3) is 12.4. The minimum Gasteiger partial charge on any atom is -0.466 e. The van der Waals surface area contributed by atoms with E-state index in [0.29, 0.717) is 32.7 Å². The van der Waals surface area contributed by atoms with Gasteiger partial charge >= 0.3 is 5.97 Å². The van der Waals surface area contributed by atoms with Crippen LogP contribution in [0.3, 0.4) is 0 Å². The van der Waals surface area contributed by atoms with Gasteiger partial charge in [-0.1, -0.05) is 64.7 Å². The van der Waals surface area contributed by atoms with Gasteiger partial charge in [0, 0.05) is 19.6 Å². The third-order valence-corrected chi connectivity index (χ3v) is 6.44. The first-order chi connectivity index (χ1) is 12.0. The summed E-state index contributed by atoms with van der Waals surface area (Å²) in [5, 5.41) is 0. The van der Waals surface area contributed by atoms with E-state index >= 15 is 0 Å². The maximum atomic E-state index is 11.7. The molecule has 0 atom stereocenters. The van der Waals surface area contributed by atoms with Crippen LogP contribution in [0.1, 0.15) is 77.6 Å². The van der Waals surface area contributed by atoms with Gasteiger partial charge in [-0.2, -0.15) is 0 Å². The Morgan fingerprint density at radius 3 is 1.96 bits per heavy atom. The molecule has 0 aromatic carbocycles. The van der Waals surface area contributed by atoms with E-state index < -0.39 is 9.84 Å². The Hall–Kier alpha value is -0.620. The fourth-order valence-corrected chi connectivity index (χ4v) is 4.35. The lowest BCUT2D eigenvalue weighted by molar-refractivity contribution is -0.144. The van der Waals surface area contributed by atoms with Gasteiger partial charge in [0.15, 0.2) is 9.84 Å². The molecule has 0 aromatic heterocycles. The van der Waals surface area contributed by atoms with Gasteiger partial charge in [0.2, 0.25) is 0 Å². The van der Waals surface area contributed by atoms with E-state index in [-0.39, 0.29) is 17.5 Å². The predicted octanol–water partition coefficient (Wildman–Crippen LogP) is 3.57. The quantitative estimate of drug-likeness (QED) is 0.343. The summed E-state index contributed by atoms with van der Waals surface area (Å²) in [7, 11) is -2.85. The second-order valence-electron chi connectivity index (χ2n) is 7.15. The summed E-state index contributed by atoms with van der Waals surface area (Å²) >= 11 is 0. The summed E-state index contributed by atoms with van der Waals surface area (Å²) in [5.41, 5.74) is 0. The minimum atomic E-state index is -2.85. The fourth-order valence-electron chi connectivity index (χ4n) is 3.07. The maximum absolute atomic E-state index is 11.7. The number of rotatable bonds is 14. The molecular weight excluding hydrogens is 338 g/mol. The number of carbonyl (C=O) groups excluding carboxylic acids is 1. The Morgan fingerprint density at radius 2 is 1.40 bits per heavy atom. The van der Waals surface area contributed by atoms with Crippen molar-refractivity contribution in [2.75, 3.05) is 37.7 Å². The Morgan fingerprint density at radius 1 is 0.880 bits per heavy atom. The molecule has 148 valence electrons. The lowest BCUT2D eigenvalue weighted by Gasteiger charge is -2.25. The third-order valence-electron chi connectivity index (χ3n) is 4.83. The largest absolute Gasteiger partial charge is 0.466 e. The highest BCUT2D eigenvalue weighted by Gasteiger charge is 2.21. The summed E-state index contributed by atoms with van der Waals surface area (Å²) in [5.74, 6) is 0.255. The molecule has 0 N–H and O–H groups in total. The molecule has 25 heavy (non-hydrogen) atoms. The Kier molecular flexibility index (Phi) is 12.2. The van der Waals surface area contributed by atoms with Gasteiger partial charge in [-0.25, -0.2) is 8.42 Å². The monoisotopic (exact) mass is 375 g/mol. The molecule has 1 aliphatic rings. The molecule has 0 amide bonds. The van der Waals surface area contributed by atoms with Gasteiger partial charge < -0.3 is 9.64 Å². The molecule has 0 bridgehead atoms. The zero-order valence-electron chi connectivity index (χ0n) is 16.0. The van der Waals surface area contributed by atoms with E-state index in [1.165, 1.54) is 51.4 Å². The van der Waals surface area contributed by atoms with Crippen molar-refractivity contribution in [2.45, 2.75) is 77.6 Å². The number of esters is 1. The number of sulfone groups is 1. The molecule has 1 heterocycles. The molecule has 1 fully saturated rings. The van der Waals surface area contributed by atoms with Crippen LogP contribution in [0.25, 0.3) is 0 Å². The predicted molar refractivity (Wildman–Crippen MR) is 103 cm³/mol. The lowest BCUT2D eigenvalue weighted by Crippen LogP contribution is -2.41. The number of unbranched alkanes of at least 4 members (excludes halogenated alkanes) is 9.